The first-order valence-corrected chi connectivity index (χ1v) is 7.85. The quantitative estimate of drug-likeness (QED) is 0.563. The van der Waals surface area contributed by atoms with E-state index in [0.717, 1.165) is 27.6 Å². The van der Waals surface area contributed by atoms with Crippen molar-refractivity contribution in [2.45, 2.75) is 6.92 Å². The van der Waals surface area contributed by atoms with Crippen LogP contribution in [0.2, 0.25) is 0 Å². The zero-order chi connectivity index (χ0) is 17.4. The van der Waals surface area contributed by atoms with E-state index in [9.17, 15) is 0 Å². The Bertz CT molecular complexity index is 1080. The number of aromatic nitrogens is 4. The predicted octanol–water partition coefficient (Wildman–Crippen LogP) is 3.45. The molecule has 6 nitrogen and oxygen atoms in total. The van der Waals surface area contributed by atoms with Gasteiger partial charge in [0.1, 0.15) is 11.5 Å². The SMILES string of the molecule is CC(=N)c1ccc(-n2cc(-c3c(N)ncc4ccccc34)nn2)cc1. The number of nitrogens with one attached hydrogen (secondary N) is 1. The molecule has 0 aliphatic rings. The second kappa shape index (κ2) is 5.83. The molecule has 0 spiro atoms. The van der Waals surface area contributed by atoms with Gasteiger partial charge in [-0.1, -0.05) is 41.6 Å². The van der Waals surface area contributed by atoms with Crippen LogP contribution < -0.4 is 5.73 Å². The van der Waals surface area contributed by atoms with E-state index >= 15 is 0 Å². The molecule has 0 fully saturated rings. The number of rotatable bonds is 3. The summed E-state index contributed by atoms with van der Waals surface area (Å²) in [6.07, 6.45) is 3.60. The van der Waals surface area contributed by atoms with E-state index in [1.54, 1.807) is 17.8 Å². The van der Waals surface area contributed by atoms with Crippen molar-refractivity contribution in [3.8, 4) is 16.9 Å². The highest BCUT2D eigenvalue weighted by Crippen LogP contribution is 2.31. The molecule has 0 bridgehead atoms. The molecule has 2 heterocycles. The summed E-state index contributed by atoms with van der Waals surface area (Å²) in [6, 6.07) is 15.5. The smallest absolute Gasteiger partial charge is 0.133 e. The zero-order valence-electron chi connectivity index (χ0n) is 13.6. The fourth-order valence-corrected chi connectivity index (χ4v) is 2.82. The number of anilines is 1. The number of hydrogen-bond donors (Lipinski definition) is 2. The molecule has 6 heteroatoms. The minimum Gasteiger partial charge on any atom is -0.383 e. The lowest BCUT2D eigenvalue weighted by Crippen LogP contribution is -1.97. The monoisotopic (exact) mass is 328 g/mol. The van der Waals surface area contributed by atoms with Crippen molar-refractivity contribution in [1.29, 1.82) is 5.41 Å². The molecule has 0 radical (unpaired) electrons. The number of nitrogen functional groups attached to an aromatic ring is 1. The van der Waals surface area contributed by atoms with Crippen molar-refractivity contribution < 1.29 is 0 Å². The van der Waals surface area contributed by atoms with E-state index in [2.05, 4.69) is 15.3 Å². The molecule has 0 aliphatic carbocycles. The highest BCUT2D eigenvalue weighted by Gasteiger charge is 2.13. The summed E-state index contributed by atoms with van der Waals surface area (Å²) in [5, 5.41) is 18.2. The molecule has 4 rings (SSSR count). The van der Waals surface area contributed by atoms with Crippen molar-refractivity contribution in [1.82, 2.24) is 20.0 Å². The number of hydrogen-bond acceptors (Lipinski definition) is 5. The van der Waals surface area contributed by atoms with Crippen molar-refractivity contribution in [3.05, 3.63) is 66.5 Å². The Hall–Kier alpha value is -3.54. The first-order valence-electron chi connectivity index (χ1n) is 7.85. The normalized spacial score (nSPS) is 10.9. The molecule has 0 unspecified atom stereocenters. The van der Waals surface area contributed by atoms with E-state index in [1.807, 2.05) is 54.7 Å². The summed E-state index contributed by atoms with van der Waals surface area (Å²) >= 11 is 0. The van der Waals surface area contributed by atoms with E-state index in [-0.39, 0.29) is 0 Å². The summed E-state index contributed by atoms with van der Waals surface area (Å²) in [6.45, 7) is 1.76. The number of nitrogens with zero attached hydrogens (tertiary/aromatic N) is 4. The van der Waals surface area contributed by atoms with Crippen LogP contribution in [-0.4, -0.2) is 25.7 Å². The van der Waals surface area contributed by atoms with Crippen LogP contribution in [0.5, 0.6) is 0 Å². The number of fused-ring (bicyclic) bond motifs is 1. The molecule has 4 aromatic rings. The second-order valence-electron chi connectivity index (χ2n) is 5.83. The van der Waals surface area contributed by atoms with Crippen LogP contribution in [0, 0.1) is 5.41 Å². The average Bonchev–Trinajstić information content (AvgIpc) is 3.11. The Labute approximate surface area is 144 Å². The van der Waals surface area contributed by atoms with Gasteiger partial charge in [-0.15, -0.1) is 5.10 Å². The second-order valence-corrected chi connectivity index (χ2v) is 5.83. The molecule has 3 N–H and O–H groups in total. The largest absolute Gasteiger partial charge is 0.383 e. The number of nitrogens with two attached hydrogens (primary N) is 1. The molecule has 2 aromatic carbocycles. The third-order valence-corrected chi connectivity index (χ3v) is 4.14. The summed E-state index contributed by atoms with van der Waals surface area (Å²) < 4.78 is 1.69. The van der Waals surface area contributed by atoms with E-state index in [0.29, 0.717) is 17.2 Å². The van der Waals surface area contributed by atoms with Gasteiger partial charge in [-0.25, -0.2) is 9.67 Å². The highest BCUT2D eigenvalue weighted by atomic mass is 15.4. The van der Waals surface area contributed by atoms with Gasteiger partial charge in [0, 0.05) is 17.3 Å². The van der Waals surface area contributed by atoms with Gasteiger partial charge in [0.15, 0.2) is 0 Å². The van der Waals surface area contributed by atoms with Gasteiger partial charge in [-0.3, -0.25) is 0 Å². The minimum absolute atomic E-state index is 0.431. The average molecular weight is 328 g/mol. The maximum Gasteiger partial charge on any atom is 0.133 e. The van der Waals surface area contributed by atoms with Crippen LogP contribution >= 0.6 is 0 Å². The van der Waals surface area contributed by atoms with Gasteiger partial charge in [0.2, 0.25) is 0 Å². The summed E-state index contributed by atoms with van der Waals surface area (Å²) in [7, 11) is 0. The van der Waals surface area contributed by atoms with Gasteiger partial charge < -0.3 is 11.1 Å². The lowest BCUT2D eigenvalue weighted by molar-refractivity contribution is 0.804. The Morgan fingerprint density at radius 2 is 1.84 bits per heavy atom. The Morgan fingerprint density at radius 3 is 2.60 bits per heavy atom. The van der Waals surface area contributed by atoms with Crippen LogP contribution in [0.4, 0.5) is 5.82 Å². The highest BCUT2D eigenvalue weighted by molar-refractivity contribution is 5.99. The molecule has 0 amide bonds. The predicted molar refractivity (Wildman–Crippen MR) is 99.0 cm³/mol. The zero-order valence-corrected chi connectivity index (χ0v) is 13.6. The summed E-state index contributed by atoms with van der Waals surface area (Å²) in [4.78, 5) is 4.27. The third kappa shape index (κ3) is 2.63. The van der Waals surface area contributed by atoms with Crippen molar-refractivity contribution in [2.24, 2.45) is 0 Å². The molecular weight excluding hydrogens is 312 g/mol. The van der Waals surface area contributed by atoms with Gasteiger partial charge in [0.05, 0.1) is 17.4 Å². The van der Waals surface area contributed by atoms with Gasteiger partial charge in [-0.05, 0) is 30.0 Å². The maximum atomic E-state index is 7.67. The van der Waals surface area contributed by atoms with Gasteiger partial charge >= 0.3 is 0 Å². The van der Waals surface area contributed by atoms with Crippen LogP contribution in [-0.2, 0) is 0 Å². The topological polar surface area (TPSA) is 93.5 Å². The van der Waals surface area contributed by atoms with E-state index < -0.39 is 0 Å². The molecule has 0 saturated heterocycles. The van der Waals surface area contributed by atoms with Crippen LogP contribution in [0.15, 0.2) is 60.9 Å². The molecule has 0 saturated carbocycles. The van der Waals surface area contributed by atoms with Crippen LogP contribution in [0.1, 0.15) is 12.5 Å². The molecule has 0 aliphatic heterocycles. The third-order valence-electron chi connectivity index (χ3n) is 4.14. The molecule has 2 aromatic heterocycles. The fraction of sp³-hybridized carbons (Fsp3) is 0.0526. The molecule has 25 heavy (non-hydrogen) atoms. The standard InChI is InChI=1S/C19H16N6/c1-12(20)13-6-8-15(9-7-13)25-11-17(23-24-25)18-16-5-3-2-4-14(16)10-22-19(18)21/h2-11,20H,1H3,(H2,21,22). The first-order chi connectivity index (χ1) is 12.1. The molecule has 0 atom stereocenters. The van der Waals surface area contributed by atoms with E-state index in [1.165, 1.54) is 0 Å². The number of benzene rings is 2. The Morgan fingerprint density at radius 1 is 1.08 bits per heavy atom. The van der Waals surface area contributed by atoms with E-state index in [4.69, 9.17) is 11.1 Å². The summed E-state index contributed by atoms with van der Waals surface area (Å²) in [5.41, 5.74) is 9.85. The summed E-state index contributed by atoms with van der Waals surface area (Å²) in [5.74, 6) is 0.431. The van der Waals surface area contributed by atoms with Crippen LogP contribution in [0.25, 0.3) is 27.7 Å². The fourth-order valence-electron chi connectivity index (χ4n) is 2.82. The lowest BCUT2D eigenvalue weighted by Gasteiger charge is -2.06. The van der Waals surface area contributed by atoms with Gasteiger partial charge in [-0.2, -0.15) is 0 Å². The van der Waals surface area contributed by atoms with Crippen molar-refractivity contribution in [3.63, 3.8) is 0 Å². The lowest BCUT2D eigenvalue weighted by atomic mass is 10.0. The van der Waals surface area contributed by atoms with Crippen molar-refractivity contribution >= 4 is 22.3 Å². The maximum absolute atomic E-state index is 7.67. The minimum atomic E-state index is 0.431. The molecule has 122 valence electrons. The first kappa shape index (κ1) is 15.0. The molecular formula is C19H16N6. The Balaban J connectivity index is 1.80. The van der Waals surface area contributed by atoms with Crippen molar-refractivity contribution in [2.75, 3.05) is 5.73 Å². The van der Waals surface area contributed by atoms with Crippen LogP contribution in [0.3, 0.4) is 0 Å². The van der Waals surface area contributed by atoms with Gasteiger partial charge in [0.25, 0.3) is 0 Å². The Kier molecular flexibility index (Phi) is 3.50. The number of pyridine rings is 1.